The monoisotopic (exact) mass is 456 g/mol. The largest absolute Gasteiger partial charge is 0.489 e. The zero-order chi connectivity index (χ0) is 23.7. The number of ether oxygens (including phenoxy) is 2. The fourth-order valence-corrected chi connectivity index (χ4v) is 3.60. The Balaban J connectivity index is 1.61. The minimum atomic E-state index is -2.74. The van der Waals surface area contributed by atoms with E-state index in [-0.39, 0.29) is 29.4 Å². The second-order valence-electron chi connectivity index (χ2n) is 7.39. The van der Waals surface area contributed by atoms with Gasteiger partial charge in [-0.2, -0.15) is 14.5 Å². The molecule has 0 aliphatic rings. The van der Waals surface area contributed by atoms with E-state index in [0.717, 1.165) is 15.8 Å². The highest BCUT2D eigenvalue weighted by Gasteiger charge is 2.26. The van der Waals surface area contributed by atoms with Gasteiger partial charge in [0.1, 0.15) is 23.6 Å². The summed E-state index contributed by atoms with van der Waals surface area (Å²) >= 11 is 0. The number of halogens is 2. The number of alkyl halides is 2. The van der Waals surface area contributed by atoms with Crippen molar-refractivity contribution in [1.82, 2.24) is 29.6 Å². The van der Waals surface area contributed by atoms with E-state index >= 15 is 0 Å². The van der Waals surface area contributed by atoms with Gasteiger partial charge in [-0.25, -0.2) is 18.3 Å². The van der Waals surface area contributed by atoms with Gasteiger partial charge in [0.15, 0.2) is 0 Å². The number of hydrogen-bond acceptors (Lipinski definition) is 6. The van der Waals surface area contributed by atoms with E-state index in [1.165, 1.54) is 23.5 Å². The van der Waals surface area contributed by atoms with Crippen LogP contribution in [0.5, 0.6) is 11.6 Å². The Hall–Kier alpha value is -4.02. The van der Waals surface area contributed by atoms with Gasteiger partial charge in [0.2, 0.25) is 5.88 Å². The average molecular weight is 456 g/mol. The molecule has 11 heteroatoms. The van der Waals surface area contributed by atoms with Crippen LogP contribution in [0.15, 0.2) is 47.3 Å². The zero-order valence-electron chi connectivity index (χ0n) is 18.5. The first-order valence-electron chi connectivity index (χ1n) is 10.0. The molecule has 2 heterocycles. The fraction of sp³-hybridized carbons (Fsp3) is 0.273. The Morgan fingerprint density at radius 3 is 2.45 bits per heavy atom. The molecular weight excluding hydrogens is 434 g/mol. The molecule has 0 atom stereocenters. The van der Waals surface area contributed by atoms with Crippen molar-refractivity contribution in [3.05, 3.63) is 69.6 Å². The van der Waals surface area contributed by atoms with Crippen molar-refractivity contribution in [2.45, 2.75) is 20.0 Å². The molecule has 2 aromatic heterocycles. The molecule has 0 saturated carbocycles. The van der Waals surface area contributed by atoms with Crippen molar-refractivity contribution in [2.75, 3.05) is 7.11 Å². The van der Waals surface area contributed by atoms with Crippen LogP contribution in [0.3, 0.4) is 0 Å². The number of tetrazole rings is 1. The van der Waals surface area contributed by atoms with Gasteiger partial charge >= 0.3 is 5.69 Å². The van der Waals surface area contributed by atoms with Crippen molar-refractivity contribution in [3.63, 3.8) is 0 Å². The van der Waals surface area contributed by atoms with Gasteiger partial charge in [0, 0.05) is 25.2 Å². The summed E-state index contributed by atoms with van der Waals surface area (Å²) in [4.78, 5) is 12.2. The summed E-state index contributed by atoms with van der Waals surface area (Å²) in [6, 6.07) is 12.3. The Kier molecular flexibility index (Phi) is 5.95. The second kappa shape index (κ2) is 8.85. The van der Waals surface area contributed by atoms with Gasteiger partial charge in [-0.05, 0) is 47.2 Å². The van der Waals surface area contributed by atoms with Crippen LogP contribution >= 0.6 is 0 Å². The lowest BCUT2D eigenvalue weighted by atomic mass is 10.0. The standard InChI is InChI=1S/C22H22F2N6O3/c1-13-11-14(19-18(20(23)24)21(32-4)28(2)25-19)9-10-17(13)33-12-15-7-5-6-8-16(15)30-22(31)29(3)26-27-30/h5-11,20H,12H2,1-4H3. The Labute approximate surface area is 187 Å². The van der Waals surface area contributed by atoms with Crippen LogP contribution in [-0.2, 0) is 20.7 Å². The molecule has 0 unspecified atom stereocenters. The molecule has 0 aliphatic carbocycles. The van der Waals surface area contributed by atoms with Gasteiger partial charge < -0.3 is 9.47 Å². The lowest BCUT2D eigenvalue weighted by Crippen LogP contribution is -2.23. The highest BCUT2D eigenvalue weighted by molar-refractivity contribution is 5.67. The number of rotatable bonds is 7. The summed E-state index contributed by atoms with van der Waals surface area (Å²) in [7, 11) is 4.41. The van der Waals surface area contributed by atoms with Gasteiger partial charge in [-0.1, -0.05) is 18.2 Å². The predicted octanol–water partition coefficient (Wildman–Crippen LogP) is 3.20. The number of benzene rings is 2. The SMILES string of the molecule is COc1c(C(F)F)c(-c2ccc(OCc3ccccc3-n3nnn(C)c3=O)c(C)c2)nn1C. The molecule has 0 radical (unpaired) electrons. The van der Waals surface area contributed by atoms with Crippen LogP contribution < -0.4 is 15.2 Å². The zero-order valence-corrected chi connectivity index (χ0v) is 18.5. The van der Waals surface area contributed by atoms with E-state index in [2.05, 4.69) is 15.5 Å². The number of aromatic nitrogens is 6. The lowest BCUT2D eigenvalue weighted by molar-refractivity contribution is 0.147. The van der Waals surface area contributed by atoms with Crippen molar-refractivity contribution in [3.8, 4) is 28.6 Å². The van der Waals surface area contributed by atoms with E-state index < -0.39 is 6.43 Å². The number of aryl methyl sites for hydroxylation is 3. The normalized spacial score (nSPS) is 11.2. The van der Waals surface area contributed by atoms with Crippen molar-refractivity contribution >= 4 is 0 Å². The molecule has 0 bridgehead atoms. The van der Waals surface area contributed by atoms with E-state index in [1.54, 1.807) is 37.4 Å². The van der Waals surface area contributed by atoms with E-state index in [4.69, 9.17) is 9.47 Å². The molecule has 0 spiro atoms. The van der Waals surface area contributed by atoms with Crippen molar-refractivity contribution in [2.24, 2.45) is 14.1 Å². The molecule has 9 nitrogen and oxygen atoms in total. The van der Waals surface area contributed by atoms with E-state index in [1.807, 2.05) is 19.1 Å². The molecule has 0 N–H and O–H groups in total. The molecular formula is C22H22F2N6O3. The number of para-hydroxylation sites is 1. The van der Waals surface area contributed by atoms with Crippen LogP contribution in [0.2, 0.25) is 0 Å². The molecule has 0 saturated heterocycles. The maximum Gasteiger partial charge on any atom is 0.368 e. The van der Waals surface area contributed by atoms with Crippen LogP contribution in [0.1, 0.15) is 23.1 Å². The van der Waals surface area contributed by atoms with Crippen LogP contribution in [0.25, 0.3) is 16.9 Å². The van der Waals surface area contributed by atoms with Crippen LogP contribution in [0.4, 0.5) is 8.78 Å². The number of nitrogens with zero attached hydrogens (tertiary/aromatic N) is 6. The Morgan fingerprint density at radius 1 is 1.06 bits per heavy atom. The minimum absolute atomic E-state index is 0.0221. The van der Waals surface area contributed by atoms with Gasteiger partial charge in [0.05, 0.1) is 12.8 Å². The lowest BCUT2D eigenvalue weighted by Gasteiger charge is -2.13. The summed E-state index contributed by atoms with van der Waals surface area (Å²) in [5.41, 5.74) is 2.10. The van der Waals surface area contributed by atoms with Crippen LogP contribution in [-0.4, -0.2) is 36.7 Å². The summed E-state index contributed by atoms with van der Waals surface area (Å²) in [5.74, 6) is 0.593. The predicted molar refractivity (Wildman–Crippen MR) is 116 cm³/mol. The minimum Gasteiger partial charge on any atom is -0.489 e. The molecule has 33 heavy (non-hydrogen) atoms. The molecule has 4 aromatic rings. The third-order valence-electron chi connectivity index (χ3n) is 5.21. The smallest absolute Gasteiger partial charge is 0.368 e. The molecule has 172 valence electrons. The van der Waals surface area contributed by atoms with E-state index in [9.17, 15) is 13.6 Å². The summed E-state index contributed by atoms with van der Waals surface area (Å²) in [6.07, 6.45) is -2.74. The van der Waals surface area contributed by atoms with Crippen LogP contribution in [0, 0.1) is 6.92 Å². The topological polar surface area (TPSA) is 89.0 Å². The molecule has 2 aromatic carbocycles. The van der Waals surface area contributed by atoms with Gasteiger partial charge in [-0.15, -0.1) is 0 Å². The summed E-state index contributed by atoms with van der Waals surface area (Å²) in [5, 5.41) is 11.8. The van der Waals surface area contributed by atoms with E-state index in [0.29, 0.717) is 17.0 Å². The van der Waals surface area contributed by atoms with Gasteiger partial charge in [0.25, 0.3) is 6.43 Å². The summed E-state index contributed by atoms with van der Waals surface area (Å²) in [6.45, 7) is 1.99. The van der Waals surface area contributed by atoms with Crippen molar-refractivity contribution < 1.29 is 18.3 Å². The molecule has 0 aliphatic heterocycles. The van der Waals surface area contributed by atoms with Gasteiger partial charge in [-0.3, -0.25) is 0 Å². The number of hydrogen-bond donors (Lipinski definition) is 0. The third-order valence-corrected chi connectivity index (χ3v) is 5.21. The second-order valence-corrected chi connectivity index (χ2v) is 7.39. The third kappa shape index (κ3) is 4.09. The Bertz CT molecular complexity index is 1360. The first-order chi connectivity index (χ1) is 15.8. The average Bonchev–Trinajstić information content (AvgIpc) is 3.31. The molecule has 0 fully saturated rings. The molecule has 4 rings (SSSR count). The number of methoxy groups -OCH3 is 1. The first-order valence-corrected chi connectivity index (χ1v) is 10.0. The summed E-state index contributed by atoms with van der Waals surface area (Å²) < 4.78 is 42.1. The highest BCUT2D eigenvalue weighted by atomic mass is 19.3. The quantitative estimate of drug-likeness (QED) is 0.424. The Morgan fingerprint density at radius 2 is 1.82 bits per heavy atom. The maximum atomic E-state index is 13.7. The maximum absolute atomic E-state index is 13.7. The van der Waals surface area contributed by atoms with Crippen molar-refractivity contribution in [1.29, 1.82) is 0 Å². The molecule has 0 amide bonds. The first kappa shape index (κ1) is 22.2. The fourth-order valence-electron chi connectivity index (χ4n) is 3.60. The highest BCUT2D eigenvalue weighted by Crippen LogP contribution is 2.38.